The van der Waals surface area contributed by atoms with Gasteiger partial charge in [-0.1, -0.05) is 33.6 Å². The molecule has 2 atom stereocenters. The molecule has 0 aliphatic rings. The minimum Gasteiger partial charge on any atom is -0.390 e. The van der Waals surface area contributed by atoms with E-state index in [2.05, 4.69) is 20.8 Å². The Hall–Kier alpha value is -0.0800. The Kier molecular flexibility index (Phi) is 7.20. The van der Waals surface area contributed by atoms with Crippen molar-refractivity contribution in [3.63, 3.8) is 0 Å². The SMILES string of the molecule is CCOC(C)(CC)C(O)CC(CC)CC. The molecule has 2 unspecified atom stereocenters. The predicted octanol–water partition coefficient (Wildman–Crippen LogP) is 3.38. The van der Waals surface area contributed by atoms with E-state index in [-0.39, 0.29) is 11.7 Å². The first-order valence-corrected chi connectivity index (χ1v) is 6.35. The van der Waals surface area contributed by atoms with Gasteiger partial charge in [0.2, 0.25) is 0 Å². The second kappa shape index (κ2) is 7.24. The molecule has 0 radical (unpaired) electrons. The Balaban J connectivity index is 4.30. The van der Waals surface area contributed by atoms with Crippen LogP contribution in [0.4, 0.5) is 0 Å². The monoisotopic (exact) mass is 216 g/mol. The Labute approximate surface area is 95.0 Å². The van der Waals surface area contributed by atoms with Gasteiger partial charge in [-0.05, 0) is 32.6 Å². The van der Waals surface area contributed by atoms with Crippen LogP contribution in [0.25, 0.3) is 0 Å². The van der Waals surface area contributed by atoms with Crippen molar-refractivity contribution in [1.29, 1.82) is 0 Å². The Morgan fingerprint density at radius 2 is 1.67 bits per heavy atom. The molecule has 0 amide bonds. The maximum Gasteiger partial charge on any atom is 0.0909 e. The van der Waals surface area contributed by atoms with Crippen molar-refractivity contribution in [2.45, 2.75) is 72.0 Å². The molecule has 1 N–H and O–H groups in total. The van der Waals surface area contributed by atoms with Crippen molar-refractivity contribution in [3.05, 3.63) is 0 Å². The fourth-order valence-corrected chi connectivity index (χ4v) is 1.95. The molecule has 0 saturated carbocycles. The quantitative estimate of drug-likeness (QED) is 0.674. The third kappa shape index (κ3) is 4.52. The highest BCUT2D eigenvalue weighted by Gasteiger charge is 2.32. The van der Waals surface area contributed by atoms with E-state index >= 15 is 0 Å². The first kappa shape index (κ1) is 14.9. The number of aliphatic hydroxyl groups excluding tert-OH is 1. The van der Waals surface area contributed by atoms with Crippen LogP contribution in [0.15, 0.2) is 0 Å². The molecule has 2 nitrogen and oxygen atoms in total. The van der Waals surface area contributed by atoms with Crippen LogP contribution in [0.5, 0.6) is 0 Å². The van der Waals surface area contributed by atoms with E-state index in [0.717, 1.165) is 25.7 Å². The van der Waals surface area contributed by atoms with Gasteiger partial charge < -0.3 is 9.84 Å². The summed E-state index contributed by atoms with van der Waals surface area (Å²) in [4.78, 5) is 0. The van der Waals surface area contributed by atoms with Crippen molar-refractivity contribution in [1.82, 2.24) is 0 Å². The first-order chi connectivity index (χ1) is 7.03. The fraction of sp³-hybridized carbons (Fsp3) is 1.00. The number of hydrogen-bond donors (Lipinski definition) is 1. The van der Waals surface area contributed by atoms with Gasteiger partial charge in [-0.3, -0.25) is 0 Å². The molecule has 0 aliphatic heterocycles. The zero-order valence-corrected chi connectivity index (χ0v) is 11.0. The molecule has 0 aromatic heterocycles. The molecule has 0 rings (SSSR count). The Morgan fingerprint density at radius 1 is 1.13 bits per heavy atom. The normalized spacial score (nSPS) is 17.8. The van der Waals surface area contributed by atoms with Gasteiger partial charge in [0.05, 0.1) is 11.7 Å². The Bertz CT molecular complexity index is 155. The largest absolute Gasteiger partial charge is 0.390 e. The summed E-state index contributed by atoms with van der Waals surface area (Å²) in [6.45, 7) is 11.1. The van der Waals surface area contributed by atoms with E-state index in [4.69, 9.17) is 4.74 Å². The van der Waals surface area contributed by atoms with Crippen LogP contribution in [0.2, 0.25) is 0 Å². The maximum absolute atomic E-state index is 10.2. The molecule has 92 valence electrons. The fourth-order valence-electron chi connectivity index (χ4n) is 1.95. The molecule has 0 aromatic rings. The third-order valence-corrected chi connectivity index (χ3v) is 3.59. The third-order valence-electron chi connectivity index (χ3n) is 3.59. The molecule has 0 aliphatic carbocycles. The van der Waals surface area contributed by atoms with E-state index in [1.54, 1.807) is 0 Å². The lowest BCUT2D eigenvalue weighted by Crippen LogP contribution is -2.42. The smallest absolute Gasteiger partial charge is 0.0909 e. The molecular weight excluding hydrogens is 188 g/mol. The van der Waals surface area contributed by atoms with E-state index in [0.29, 0.717) is 12.5 Å². The molecule has 0 aromatic carbocycles. The van der Waals surface area contributed by atoms with Crippen LogP contribution < -0.4 is 0 Å². The van der Waals surface area contributed by atoms with Gasteiger partial charge in [-0.25, -0.2) is 0 Å². The summed E-state index contributed by atoms with van der Waals surface area (Å²) < 4.78 is 5.68. The van der Waals surface area contributed by atoms with Crippen molar-refractivity contribution in [3.8, 4) is 0 Å². The second-order valence-electron chi connectivity index (χ2n) is 4.53. The van der Waals surface area contributed by atoms with Crippen molar-refractivity contribution in [2.75, 3.05) is 6.61 Å². The van der Waals surface area contributed by atoms with Gasteiger partial charge in [0.25, 0.3) is 0 Å². The lowest BCUT2D eigenvalue weighted by Gasteiger charge is -2.35. The van der Waals surface area contributed by atoms with Crippen molar-refractivity contribution in [2.24, 2.45) is 5.92 Å². The van der Waals surface area contributed by atoms with Gasteiger partial charge >= 0.3 is 0 Å². The minimum atomic E-state index is -0.364. The van der Waals surface area contributed by atoms with E-state index in [9.17, 15) is 5.11 Å². The molecule has 2 heteroatoms. The predicted molar refractivity (Wildman–Crippen MR) is 65.0 cm³/mol. The summed E-state index contributed by atoms with van der Waals surface area (Å²) >= 11 is 0. The van der Waals surface area contributed by atoms with Crippen LogP contribution in [0.1, 0.15) is 60.3 Å². The van der Waals surface area contributed by atoms with Crippen LogP contribution in [-0.4, -0.2) is 23.4 Å². The maximum atomic E-state index is 10.2. The number of hydrogen-bond acceptors (Lipinski definition) is 2. The van der Waals surface area contributed by atoms with E-state index < -0.39 is 0 Å². The van der Waals surface area contributed by atoms with Crippen LogP contribution in [0.3, 0.4) is 0 Å². The summed E-state index contributed by atoms with van der Waals surface area (Å²) in [5, 5.41) is 10.2. The number of rotatable bonds is 8. The van der Waals surface area contributed by atoms with Crippen LogP contribution in [0, 0.1) is 5.92 Å². The molecular formula is C13H28O2. The number of aliphatic hydroxyl groups is 1. The van der Waals surface area contributed by atoms with Gasteiger partial charge in [-0.2, -0.15) is 0 Å². The lowest BCUT2D eigenvalue weighted by atomic mass is 9.86. The average molecular weight is 216 g/mol. The molecule has 0 bridgehead atoms. The molecule has 0 fully saturated rings. The van der Waals surface area contributed by atoms with Crippen molar-refractivity contribution >= 4 is 0 Å². The molecule has 0 saturated heterocycles. The topological polar surface area (TPSA) is 29.5 Å². The van der Waals surface area contributed by atoms with Gasteiger partial charge in [-0.15, -0.1) is 0 Å². The first-order valence-electron chi connectivity index (χ1n) is 6.35. The van der Waals surface area contributed by atoms with Crippen molar-refractivity contribution < 1.29 is 9.84 Å². The highest BCUT2D eigenvalue weighted by molar-refractivity contribution is 4.84. The molecule has 0 heterocycles. The highest BCUT2D eigenvalue weighted by atomic mass is 16.5. The van der Waals surface area contributed by atoms with Gasteiger partial charge in [0, 0.05) is 6.61 Å². The summed E-state index contributed by atoms with van der Waals surface area (Å²) in [7, 11) is 0. The summed E-state index contributed by atoms with van der Waals surface area (Å²) in [5.41, 5.74) is -0.364. The minimum absolute atomic E-state index is 0.340. The van der Waals surface area contributed by atoms with Crippen LogP contribution in [-0.2, 0) is 4.74 Å². The van der Waals surface area contributed by atoms with Crippen LogP contribution >= 0.6 is 0 Å². The zero-order chi connectivity index (χ0) is 11.9. The van der Waals surface area contributed by atoms with E-state index in [1.807, 2.05) is 13.8 Å². The molecule has 0 spiro atoms. The zero-order valence-electron chi connectivity index (χ0n) is 11.0. The molecule has 15 heavy (non-hydrogen) atoms. The average Bonchev–Trinajstić information content (AvgIpc) is 2.25. The Morgan fingerprint density at radius 3 is 2.00 bits per heavy atom. The second-order valence-corrected chi connectivity index (χ2v) is 4.53. The summed E-state index contributed by atoms with van der Waals surface area (Å²) in [6.07, 6.45) is 3.66. The standard InChI is InChI=1S/C13H28O2/c1-6-11(7-2)10-12(14)13(5,8-3)15-9-4/h11-12,14H,6-10H2,1-5H3. The van der Waals surface area contributed by atoms with Gasteiger partial charge in [0.15, 0.2) is 0 Å². The summed E-state index contributed by atoms with van der Waals surface area (Å²) in [6, 6.07) is 0. The lowest BCUT2D eigenvalue weighted by molar-refractivity contribution is -0.117. The summed E-state index contributed by atoms with van der Waals surface area (Å²) in [5.74, 6) is 0.617. The number of ether oxygens (including phenoxy) is 1. The highest BCUT2D eigenvalue weighted by Crippen LogP contribution is 2.27. The van der Waals surface area contributed by atoms with E-state index in [1.165, 1.54) is 0 Å². The van der Waals surface area contributed by atoms with Gasteiger partial charge in [0.1, 0.15) is 0 Å².